The van der Waals surface area contributed by atoms with Gasteiger partial charge in [-0.25, -0.2) is 9.13 Å². The summed E-state index contributed by atoms with van der Waals surface area (Å²) in [5.41, 5.74) is 0. The Morgan fingerprint density at radius 3 is 1.26 bits per heavy atom. The molecule has 0 atom stereocenters. The zero-order chi connectivity index (χ0) is 27.4. The van der Waals surface area contributed by atoms with E-state index < -0.39 is 0 Å². The van der Waals surface area contributed by atoms with Crippen molar-refractivity contribution in [2.45, 2.75) is 214 Å². The van der Waals surface area contributed by atoms with E-state index in [4.69, 9.17) is 0 Å². The van der Waals surface area contributed by atoms with Gasteiger partial charge in [0.2, 0.25) is 0 Å². The average molecular weight is 532 g/mol. The first-order chi connectivity index (χ1) is 18.8. The van der Waals surface area contributed by atoms with Crippen molar-refractivity contribution in [1.82, 2.24) is 4.57 Å². The standard InChI is InChI=1S/C36H71N2/c1-4-7-10-12-14-16-18-19-20-21-23-25-27-30-33-38-35-34-37(36(38)31-28-9-6-3)32-29-26-24-22-17-15-13-11-8-5-2/h34-35H,4-33H2,1-3H3/q+1. The Hall–Kier alpha value is -0.790. The first-order valence-electron chi connectivity index (χ1n) is 17.9. The average Bonchev–Trinajstić information content (AvgIpc) is 3.31. The van der Waals surface area contributed by atoms with Crippen LogP contribution >= 0.6 is 0 Å². The minimum absolute atomic E-state index is 1.23. The topological polar surface area (TPSA) is 8.81 Å². The van der Waals surface area contributed by atoms with Gasteiger partial charge in [0.15, 0.2) is 0 Å². The van der Waals surface area contributed by atoms with Gasteiger partial charge in [0.25, 0.3) is 5.82 Å². The molecular weight excluding hydrogens is 460 g/mol. The van der Waals surface area contributed by atoms with Crippen LogP contribution in [-0.2, 0) is 19.5 Å². The molecule has 2 nitrogen and oxygen atoms in total. The summed E-state index contributed by atoms with van der Waals surface area (Å²) in [5.74, 6) is 1.60. The molecule has 224 valence electrons. The summed E-state index contributed by atoms with van der Waals surface area (Å²) in [7, 11) is 0. The Morgan fingerprint density at radius 1 is 0.447 bits per heavy atom. The molecule has 0 N–H and O–H groups in total. The number of rotatable bonds is 30. The summed E-state index contributed by atoms with van der Waals surface area (Å²) in [6.45, 7) is 9.39. The van der Waals surface area contributed by atoms with Crippen molar-refractivity contribution in [2.24, 2.45) is 0 Å². The summed E-state index contributed by atoms with van der Waals surface area (Å²) >= 11 is 0. The van der Waals surface area contributed by atoms with Crippen LogP contribution in [0.5, 0.6) is 0 Å². The Balaban J connectivity index is 2.15. The van der Waals surface area contributed by atoms with E-state index in [9.17, 15) is 0 Å². The van der Waals surface area contributed by atoms with E-state index >= 15 is 0 Å². The molecule has 0 fully saturated rings. The summed E-state index contributed by atoms with van der Waals surface area (Å²) in [5, 5.41) is 0. The van der Waals surface area contributed by atoms with Crippen LogP contribution in [0.2, 0.25) is 0 Å². The van der Waals surface area contributed by atoms with Crippen molar-refractivity contribution >= 4 is 0 Å². The van der Waals surface area contributed by atoms with Gasteiger partial charge >= 0.3 is 0 Å². The smallest absolute Gasteiger partial charge is 0.234 e. The molecule has 1 aromatic heterocycles. The lowest BCUT2D eigenvalue weighted by Gasteiger charge is -2.07. The van der Waals surface area contributed by atoms with Gasteiger partial charge in [0.05, 0.1) is 13.1 Å². The number of hydrogen-bond donors (Lipinski definition) is 0. The van der Waals surface area contributed by atoms with Gasteiger partial charge in [-0.05, 0) is 32.1 Å². The molecule has 0 radical (unpaired) electrons. The molecule has 0 amide bonds. The summed E-state index contributed by atoms with van der Waals surface area (Å²) in [6, 6.07) is 0. The number of aromatic nitrogens is 2. The highest BCUT2D eigenvalue weighted by Gasteiger charge is 2.16. The van der Waals surface area contributed by atoms with Crippen LogP contribution in [0.25, 0.3) is 0 Å². The molecule has 0 spiro atoms. The zero-order valence-corrected chi connectivity index (χ0v) is 26.8. The molecular formula is C36H71N2+. The summed E-state index contributed by atoms with van der Waals surface area (Å²) in [4.78, 5) is 0. The molecule has 0 aliphatic rings. The predicted molar refractivity (Wildman–Crippen MR) is 170 cm³/mol. The first kappa shape index (κ1) is 35.2. The highest BCUT2D eigenvalue weighted by molar-refractivity contribution is 4.84. The van der Waals surface area contributed by atoms with E-state index in [1.807, 2.05) is 0 Å². The fourth-order valence-electron chi connectivity index (χ4n) is 5.97. The normalized spacial score (nSPS) is 11.6. The maximum absolute atomic E-state index is 2.60. The second-order valence-electron chi connectivity index (χ2n) is 12.3. The third-order valence-electron chi connectivity index (χ3n) is 8.60. The zero-order valence-electron chi connectivity index (χ0n) is 26.8. The van der Waals surface area contributed by atoms with E-state index in [1.165, 1.54) is 193 Å². The van der Waals surface area contributed by atoms with Crippen LogP contribution in [0.1, 0.15) is 200 Å². The fraction of sp³-hybridized carbons (Fsp3) is 0.917. The van der Waals surface area contributed by atoms with Crippen molar-refractivity contribution in [2.75, 3.05) is 0 Å². The predicted octanol–water partition coefficient (Wildman–Crippen LogP) is 11.9. The van der Waals surface area contributed by atoms with Crippen LogP contribution in [0.3, 0.4) is 0 Å². The lowest BCUT2D eigenvalue weighted by atomic mass is 10.0. The Morgan fingerprint density at radius 2 is 0.816 bits per heavy atom. The van der Waals surface area contributed by atoms with Crippen LogP contribution in [0.15, 0.2) is 12.4 Å². The maximum atomic E-state index is 2.60. The molecule has 2 heteroatoms. The van der Waals surface area contributed by atoms with Gasteiger partial charge in [-0.3, -0.25) is 0 Å². The van der Waals surface area contributed by atoms with E-state index in [-0.39, 0.29) is 0 Å². The van der Waals surface area contributed by atoms with Crippen molar-refractivity contribution in [1.29, 1.82) is 0 Å². The van der Waals surface area contributed by atoms with E-state index in [2.05, 4.69) is 42.3 Å². The van der Waals surface area contributed by atoms with Crippen LogP contribution in [-0.4, -0.2) is 4.57 Å². The molecule has 0 unspecified atom stereocenters. The largest absolute Gasteiger partial charge is 0.256 e. The Bertz CT molecular complexity index is 590. The van der Waals surface area contributed by atoms with Crippen molar-refractivity contribution in [3.8, 4) is 0 Å². The van der Waals surface area contributed by atoms with Gasteiger partial charge in [0.1, 0.15) is 12.4 Å². The van der Waals surface area contributed by atoms with Gasteiger partial charge in [-0.15, -0.1) is 0 Å². The molecule has 0 aromatic carbocycles. The van der Waals surface area contributed by atoms with Crippen molar-refractivity contribution < 1.29 is 4.57 Å². The SMILES string of the molecule is CCCCCCCCCCCCCCCC[n+]1ccn(CCCCCCCCCCCC)c1CCCCC. The third-order valence-corrected chi connectivity index (χ3v) is 8.60. The van der Waals surface area contributed by atoms with Crippen LogP contribution in [0.4, 0.5) is 0 Å². The van der Waals surface area contributed by atoms with E-state index in [1.54, 1.807) is 5.82 Å². The molecule has 0 saturated heterocycles. The Kier molecular flexibility index (Phi) is 25.7. The Labute approximate surface area is 240 Å². The lowest BCUT2D eigenvalue weighted by Crippen LogP contribution is -2.37. The summed E-state index contributed by atoms with van der Waals surface area (Å²) in [6.07, 6.45) is 44.5. The van der Waals surface area contributed by atoms with Gasteiger partial charge in [-0.1, -0.05) is 162 Å². The lowest BCUT2D eigenvalue weighted by molar-refractivity contribution is -0.704. The minimum atomic E-state index is 1.23. The van der Waals surface area contributed by atoms with Crippen LogP contribution in [0, 0.1) is 0 Å². The molecule has 0 aliphatic heterocycles. The quantitative estimate of drug-likeness (QED) is 0.0689. The van der Waals surface area contributed by atoms with Gasteiger partial charge < -0.3 is 0 Å². The van der Waals surface area contributed by atoms with Crippen molar-refractivity contribution in [3.05, 3.63) is 18.2 Å². The molecule has 0 aliphatic carbocycles. The van der Waals surface area contributed by atoms with E-state index in [0.717, 1.165) is 0 Å². The molecule has 1 heterocycles. The molecule has 0 saturated carbocycles. The highest BCUT2D eigenvalue weighted by atomic mass is 15.1. The minimum Gasteiger partial charge on any atom is -0.234 e. The maximum Gasteiger partial charge on any atom is 0.256 e. The van der Waals surface area contributed by atoms with E-state index in [0.29, 0.717) is 0 Å². The summed E-state index contributed by atoms with van der Waals surface area (Å²) < 4.78 is 5.21. The number of imidazole rings is 1. The highest BCUT2D eigenvalue weighted by Crippen LogP contribution is 2.14. The van der Waals surface area contributed by atoms with Crippen molar-refractivity contribution in [3.63, 3.8) is 0 Å². The monoisotopic (exact) mass is 532 g/mol. The number of hydrogen-bond acceptors (Lipinski definition) is 0. The second kappa shape index (κ2) is 27.8. The molecule has 0 bridgehead atoms. The third kappa shape index (κ3) is 20.2. The fourth-order valence-corrected chi connectivity index (χ4v) is 5.97. The first-order valence-corrected chi connectivity index (χ1v) is 17.9. The molecule has 1 rings (SSSR count). The number of unbranched alkanes of at least 4 members (excludes halogenated alkanes) is 24. The van der Waals surface area contributed by atoms with Gasteiger partial charge in [-0.2, -0.15) is 0 Å². The molecule has 1 aromatic rings. The molecule has 38 heavy (non-hydrogen) atoms. The van der Waals surface area contributed by atoms with Crippen LogP contribution < -0.4 is 4.57 Å². The van der Waals surface area contributed by atoms with Gasteiger partial charge in [0, 0.05) is 6.42 Å². The number of aryl methyl sites for hydroxylation is 2. The number of nitrogens with zero attached hydrogens (tertiary/aromatic N) is 2. The second-order valence-corrected chi connectivity index (χ2v) is 12.3.